The zero-order chi connectivity index (χ0) is 19.8. The molecule has 2 atom stereocenters. The Morgan fingerprint density at radius 2 is 1.48 bits per heavy atom. The van der Waals surface area contributed by atoms with E-state index in [-0.39, 0.29) is 29.1 Å². The topological polar surface area (TPSA) is 58.2 Å². The monoisotopic (exact) mass is 384 g/mol. The van der Waals surface area contributed by atoms with Crippen molar-refractivity contribution in [3.8, 4) is 0 Å². The van der Waals surface area contributed by atoms with Gasteiger partial charge >= 0.3 is 0 Å². The van der Waals surface area contributed by atoms with E-state index in [9.17, 15) is 9.59 Å². The average molecular weight is 385 g/mol. The lowest BCUT2D eigenvalue weighted by Gasteiger charge is -2.23. The first-order valence-corrected chi connectivity index (χ1v) is 9.52. The van der Waals surface area contributed by atoms with E-state index in [0.29, 0.717) is 17.1 Å². The maximum absolute atomic E-state index is 12.6. The summed E-state index contributed by atoms with van der Waals surface area (Å²) >= 11 is 6.10. The van der Waals surface area contributed by atoms with Crippen molar-refractivity contribution in [2.24, 2.45) is 11.8 Å². The molecule has 2 N–H and O–H groups in total. The molecule has 1 aliphatic carbocycles. The molecular weight excluding hydrogens is 360 g/mol. The number of nitrogens with one attached hydrogen (secondary N) is 2. The summed E-state index contributed by atoms with van der Waals surface area (Å²) in [6, 6.07) is 13.2. The maximum atomic E-state index is 12.6. The highest BCUT2D eigenvalue weighted by Gasteiger charge is 2.48. The number of para-hydroxylation sites is 1. The first-order valence-electron chi connectivity index (χ1n) is 9.15. The lowest BCUT2D eigenvalue weighted by Crippen LogP contribution is -2.23. The van der Waals surface area contributed by atoms with Crippen LogP contribution in [0.2, 0.25) is 5.02 Å². The highest BCUT2D eigenvalue weighted by molar-refractivity contribution is 6.31. The van der Waals surface area contributed by atoms with Gasteiger partial charge < -0.3 is 10.6 Å². The zero-order valence-electron chi connectivity index (χ0n) is 16.1. The summed E-state index contributed by atoms with van der Waals surface area (Å²) in [6.07, 6.45) is 0.564. The van der Waals surface area contributed by atoms with Crippen molar-refractivity contribution in [2.75, 3.05) is 10.6 Å². The number of rotatable bonds is 4. The third-order valence-corrected chi connectivity index (χ3v) is 5.39. The van der Waals surface area contributed by atoms with Crippen molar-refractivity contribution < 1.29 is 9.59 Å². The predicted octanol–water partition coefficient (Wildman–Crippen LogP) is 5.16. The largest absolute Gasteiger partial charge is 0.326 e. The Kier molecular flexibility index (Phi) is 5.29. The fourth-order valence-electron chi connectivity index (χ4n) is 3.21. The minimum Gasteiger partial charge on any atom is -0.326 e. The minimum atomic E-state index is -0.301. The van der Waals surface area contributed by atoms with Gasteiger partial charge in [-0.25, -0.2) is 0 Å². The molecule has 4 nitrogen and oxygen atoms in total. The quantitative estimate of drug-likeness (QED) is 0.764. The smallest absolute Gasteiger partial charge is 0.228 e. The SMILES string of the molecule is Cc1c(Cl)cccc1NC(=O)C1CC1C(=O)Nc1ccccc1C(C)(C)C. The van der Waals surface area contributed by atoms with E-state index >= 15 is 0 Å². The summed E-state index contributed by atoms with van der Waals surface area (Å²) in [5.74, 6) is -0.831. The molecule has 2 aromatic rings. The minimum absolute atomic E-state index is 0.0751. The first kappa shape index (κ1) is 19.4. The lowest BCUT2D eigenvalue weighted by atomic mass is 9.86. The molecule has 2 aromatic carbocycles. The Labute approximate surface area is 165 Å². The molecule has 0 heterocycles. The van der Waals surface area contributed by atoms with Gasteiger partial charge in [0.2, 0.25) is 11.8 Å². The van der Waals surface area contributed by atoms with Gasteiger partial charge in [-0.2, -0.15) is 0 Å². The Morgan fingerprint density at radius 1 is 0.926 bits per heavy atom. The second-order valence-corrected chi connectivity index (χ2v) is 8.54. The summed E-state index contributed by atoms with van der Waals surface area (Å²) in [4.78, 5) is 25.1. The van der Waals surface area contributed by atoms with Crippen LogP contribution < -0.4 is 10.6 Å². The standard InChI is InChI=1S/C22H25ClN2O2/c1-13-17(23)9-7-11-18(13)24-20(26)14-12-15(14)21(27)25-19-10-6-5-8-16(19)22(2,3)4/h5-11,14-15H,12H2,1-4H3,(H,24,26)(H,25,27). The fourth-order valence-corrected chi connectivity index (χ4v) is 3.39. The Bertz CT molecular complexity index is 886. The number of amides is 2. The molecule has 0 aliphatic heterocycles. The molecule has 2 amide bonds. The summed E-state index contributed by atoms with van der Waals surface area (Å²) < 4.78 is 0. The van der Waals surface area contributed by atoms with Crippen LogP contribution in [-0.4, -0.2) is 11.8 Å². The third kappa shape index (κ3) is 4.33. The van der Waals surface area contributed by atoms with E-state index in [0.717, 1.165) is 16.8 Å². The molecule has 0 spiro atoms. The van der Waals surface area contributed by atoms with Crippen LogP contribution in [-0.2, 0) is 15.0 Å². The van der Waals surface area contributed by atoms with E-state index < -0.39 is 0 Å². The van der Waals surface area contributed by atoms with E-state index in [1.165, 1.54) is 0 Å². The molecule has 0 radical (unpaired) electrons. The molecule has 142 valence electrons. The van der Waals surface area contributed by atoms with E-state index in [1.54, 1.807) is 12.1 Å². The number of carbonyl (C=O) groups excluding carboxylic acids is 2. The van der Waals surface area contributed by atoms with Gasteiger partial charge in [0.15, 0.2) is 0 Å². The summed E-state index contributed by atoms with van der Waals surface area (Å²) in [5.41, 5.74) is 3.33. The number of anilines is 2. The van der Waals surface area contributed by atoms with Crippen molar-refractivity contribution >= 4 is 34.8 Å². The van der Waals surface area contributed by atoms with Crippen LogP contribution in [0.25, 0.3) is 0 Å². The molecule has 0 bridgehead atoms. The van der Waals surface area contributed by atoms with Gasteiger partial charge in [-0.05, 0) is 48.1 Å². The normalized spacial score (nSPS) is 18.7. The van der Waals surface area contributed by atoms with Crippen LogP contribution in [0.1, 0.15) is 38.3 Å². The van der Waals surface area contributed by atoms with Crippen molar-refractivity contribution in [2.45, 2.75) is 39.5 Å². The number of benzene rings is 2. The van der Waals surface area contributed by atoms with Gasteiger partial charge in [0.25, 0.3) is 0 Å². The van der Waals surface area contributed by atoms with Crippen molar-refractivity contribution in [3.05, 3.63) is 58.6 Å². The van der Waals surface area contributed by atoms with Gasteiger partial charge in [0.05, 0.1) is 11.8 Å². The van der Waals surface area contributed by atoms with Crippen LogP contribution in [0, 0.1) is 18.8 Å². The van der Waals surface area contributed by atoms with Crippen LogP contribution in [0.4, 0.5) is 11.4 Å². The van der Waals surface area contributed by atoms with Gasteiger partial charge in [-0.3, -0.25) is 9.59 Å². The van der Waals surface area contributed by atoms with Gasteiger partial charge in [-0.15, -0.1) is 0 Å². The average Bonchev–Trinajstić information content (AvgIpc) is 3.39. The van der Waals surface area contributed by atoms with Gasteiger partial charge in [0, 0.05) is 16.4 Å². The Morgan fingerprint density at radius 3 is 2.11 bits per heavy atom. The number of halogens is 1. The molecule has 27 heavy (non-hydrogen) atoms. The maximum Gasteiger partial charge on any atom is 0.228 e. The second kappa shape index (κ2) is 7.35. The van der Waals surface area contributed by atoms with Gasteiger partial charge in [0.1, 0.15) is 0 Å². The number of hydrogen-bond donors (Lipinski definition) is 2. The number of hydrogen-bond acceptors (Lipinski definition) is 2. The van der Waals surface area contributed by atoms with Crippen LogP contribution >= 0.6 is 11.6 Å². The Balaban J connectivity index is 1.64. The van der Waals surface area contributed by atoms with Crippen molar-refractivity contribution in [1.29, 1.82) is 0 Å². The van der Waals surface area contributed by atoms with Crippen molar-refractivity contribution in [3.63, 3.8) is 0 Å². The lowest BCUT2D eigenvalue weighted by molar-refractivity contribution is -0.122. The third-order valence-electron chi connectivity index (χ3n) is 4.98. The molecule has 0 aromatic heterocycles. The highest BCUT2D eigenvalue weighted by atomic mass is 35.5. The second-order valence-electron chi connectivity index (χ2n) is 8.14. The van der Waals surface area contributed by atoms with E-state index in [1.807, 2.05) is 37.3 Å². The highest BCUT2D eigenvalue weighted by Crippen LogP contribution is 2.41. The summed E-state index contributed by atoms with van der Waals surface area (Å²) in [7, 11) is 0. The first-order chi connectivity index (χ1) is 12.7. The molecule has 1 saturated carbocycles. The summed E-state index contributed by atoms with van der Waals surface area (Å²) in [5, 5.41) is 6.51. The van der Waals surface area contributed by atoms with E-state index in [4.69, 9.17) is 11.6 Å². The number of carbonyl (C=O) groups is 2. The molecule has 3 rings (SSSR count). The van der Waals surface area contributed by atoms with Gasteiger partial charge in [-0.1, -0.05) is 56.6 Å². The zero-order valence-corrected chi connectivity index (χ0v) is 16.9. The van der Waals surface area contributed by atoms with Crippen LogP contribution in [0.3, 0.4) is 0 Å². The molecule has 2 unspecified atom stereocenters. The Hall–Kier alpha value is -2.33. The molecular formula is C22H25ClN2O2. The van der Waals surface area contributed by atoms with Crippen molar-refractivity contribution in [1.82, 2.24) is 0 Å². The molecule has 5 heteroatoms. The van der Waals surface area contributed by atoms with E-state index in [2.05, 4.69) is 31.4 Å². The predicted molar refractivity (Wildman–Crippen MR) is 110 cm³/mol. The molecule has 1 fully saturated rings. The van der Waals surface area contributed by atoms with Crippen LogP contribution in [0.5, 0.6) is 0 Å². The summed E-state index contributed by atoms with van der Waals surface area (Å²) in [6.45, 7) is 8.19. The molecule has 1 aliphatic rings. The van der Waals surface area contributed by atoms with Crippen LogP contribution in [0.15, 0.2) is 42.5 Å². The molecule has 0 saturated heterocycles. The fraction of sp³-hybridized carbons (Fsp3) is 0.364.